The number of methoxy groups -OCH3 is 2. The second-order valence-electron chi connectivity index (χ2n) is 8.42. The van der Waals surface area contributed by atoms with Crippen molar-refractivity contribution in [2.45, 2.75) is 105 Å². The van der Waals surface area contributed by atoms with E-state index in [9.17, 15) is 19.2 Å². The zero-order chi connectivity index (χ0) is 32.3. The summed E-state index contributed by atoms with van der Waals surface area (Å²) in [6.45, 7) is 2.88. The summed E-state index contributed by atoms with van der Waals surface area (Å²) in [5.74, 6) is -0.523. The van der Waals surface area contributed by atoms with Gasteiger partial charge in [-0.05, 0) is 45.1 Å². The number of piperidine rings is 1. The highest BCUT2D eigenvalue weighted by molar-refractivity contribution is 9.09. The van der Waals surface area contributed by atoms with Crippen LogP contribution in [-0.2, 0) is 37.9 Å². The van der Waals surface area contributed by atoms with Crippen LogP contribution in [0.3, 0.4) is 0 Å². The predicted molar refractivity (Wildman–Crippen MR) is 187 cm³/mol. The van der Waals surface area contributed by atoms with Crippen molar-refractivity contribution >= 4 is 86.1 Å². The molecule has 10 nitrogen and oxygen atoms in total. The van der Waals surface area contributed by atoms with Crippen LogP contribution in [0.5, 0.6) is 0 Å². The fourth-order valence-electron chi connectivity index (χ4n) is 3.10. The first-order valence-electron chi connectivity index (χ1n) is 13.4. The van der Waals surface area contributed by atoms with Crippen molar-refractivity contribution in [3.63, 3.8) is 0 Å². The number of Topliss-reactive ketones (excluding diaryl/α,β-unsaturated/α-hetero) is 1. The number of unbranched alkanes of at least 4 members (excludes halogenated alkanes) is 6. The highest BCUT2D eigenvalue weighted by Crippen LogP contribution is 2.08. The molecule has 0 radical (unpaired) electrons. The molecule has 0 bridgehead atoms. The van der Waals surface area contributed by atoms with Gasteiger partial charge in [-0.3, -0.25) is 19.2 Å². The lowest BCUT2D eigenvalue weighted by Gasteiger charge is -2.25. The van der Waals surface area contributed by atoms with E-state index in [0.29, 0.717) is 37.9 Å². The number of hydrogen-bond donors (Lipinski definition) is 2. The Bertz CT molecular complexity index is 654. The zero-order valence-electron chi connectivity index (χ0n) is 24.6. The van der Waals surface area contributed by atoms with Crippen LogP contribution in [0.2, 0.25) is 0 Å². The molecular formula is C28H57Br2Cl2NO9S. The number of aliphatic carboxylic acids is 1. The third-order valence-electron chi connectivity index (χ3n) is 5.26. The summed E-state index contributed by atoms with van der Waals surface area (Å²) in [5, 5.41) is 17.2. The van der Waals surface area contributed by atoms with Gasteiger partial charge in [0.15, 0.2) is 0 Å². The van der Waals surface area contributed by atoms with Gasteiger partial charge < -0.3 is 24.6 Å². The number of esters is 2. The van der Waals surface area contributed by atoms with Crippen LogP contribution in [-0.4, -0.2) is 94.6 Å². The van der Waals surface area contributed by atoms with Crippen molar-refractivity contribution in [1.82, 2.24) is 4.90 Å². The number of carbonyl (C=O) groups is 4. The predicted octanol–water partition coefficient (Wildman–Crippen LogP) is 7.45. The van der Waals surface area contributed by atoms with Gasteiger partial charge in [0.25, 0.3) is 0 Å². The molecule has 2 N–H and O–H groups in total. The van der Waals surface area contributed by atoms with Gasteiger partial charge in [0.05, 0.1) is 14.2 Å². The molecule has 1 rings (SSSR count). The Balaban J connectivity index is -0.000000111. The molecule has 0 amide bonds. The summed E-state index contributed by atoms with van der Waals surface area (Å²) in [7, 11) is 11.2. The van der Waals surface area contributed by atoms with E-state index in [4.69, 9.17) is 14.4 Å². The summed E-state index contributed by atoms with van der Waals surface area (Å²) in [6.07, 6.45) is 11.9. The highest BCUT2D eigenvalue weighted by atomic mass is 79.9. The van der Waals surface area contributed by atoms with Gasteiger partial charge in [-0.1, -0.05) is 66.0 Å². The van der Waals surface area contributed by atoms with E-state index >= 15 is 0 Å². The van der Waals surface area contributed by atoms with Crippen molar-refractivity contribution in [3.05, 3.63) is 0 Å². The monoisotopic (exact) mass is 811 g/mol. The fourth-order valence-corrected chi connectivity index (χ4v) is 3.89. The molecule has 1 heterocycles. The Morgan fingerprint density at radius 1 is 0.767 bits per heavy atom. The molecule has 0 aromatic carbocycles. The van der Waals surface area contributed by atoms with Gasteiger partial charge in [0, 0.05) is 84.3 Å². The van der Waals surface area contributed by atoms with Crippen LogP contribution in [0, 0.1) is 0 Å². The first-order chi connectivity index (χ1) is 19.5. The maximum Gasteiger partial charge on any atom is 0.305 e. The number of aliphatic hydroxyl groups excluding tert-OH is 1. The van der Waals surface area contributed by atoms with Gasteiger partial charge in [0.2, 0.25) is 9.23 Å². The molecule has 1 aliphatic rings. The van der Waals surface area contributed by atoms with E-state index in [1.54, 1.807) is 0 Å². The van der Waals surface area contributed by atoms with Crippen molar-refractivity contribution in [1.29, 1.82) is 0 Å². The minimum absolute atomic E-state index is 0. The smallest absolute Gasteiger partial charge is 0.305 e. The molecule has 0 spiro atoms. The van der Waals surface area contributed by atoms with Gasteiger partial charge in [-0.15, -0.1) is 0 Å². The lowest BCUT2D eigenvalue weighted by atomic mass is 10.1. The Morgan fingerprint density at radius 3 is 1.44 bits per heavy atom. The van der Waals surface area contributed by atoms with E-state index in [1.807, 2.05) is 0 Å². The number of rotatable bonds is 16. The molecule has 1 aliphatic heterocycles. The summed E-state index contributed by atoms with van der Waals surface area (Å²) < 4.78 is 18.1. The summed E-state index contributed by atoms with van der Waals surface area (Å²) >= 11 is 6.59. The Labute approximate surface area is 289 Å². The van der Waals surface area contributed by atoms with Crippen LogP contribution < -0.4 is 0 Å². The molecule has 0 aromatic rings. The van der Waals surface area contributed by atoms with Gasteiger partial charge in [0.1, 0.15) is 5.78 Å². The van der Waals surface area contributed by atoms with Crippen LogP contribution in [0.15, 0.2) is 0 Å². The average Bonchev–Trinajstić information content (AvgIpc) is 2.95. The molecule has 15 heteroatoms. The second-order valence-corrected chi connectivity index (χ2v) is 12.5. The Hall–Kier alpha value is -0.310. The lowest BCUT2D eigenvalue weighted by molar-refractivity contribution is -0.141. The van der Waals surface area contributed by atoms with Crippen LogP contribution in [0.1, 0.15) is 105 Å². The topological polar surface area (TPSA) is 148 Å². The molecule has 1 saturated heterocycles. The summed E-state index contributed by atoms with van der Waals surface area (Å²) in [5.41, 5.74) is 0. The standard InChI is InChI=1S/C12H21NO3.C7H13BrO2.C6H11BrO2.CH4O.2CH4.Cl2OS/c1-16-12(15)5-3-2-4-8-13-9-6-11(14)7-10-13;1-10-7(9)5-3-2-4-6-8;7-5-3-1-2-4-6(8)9;1-2;;;1-4(2)3/h2-10H2,1H3;2-6H2,1H3;1-5H2,(H,8,9);2H,1H3;2*1H4;. The lowest BCUT2D eigenvalue weighted by Crippen LogP contribution is -2.34. The van der Waals surface area contributed by atoms with Crippen molar-refractivity contribution in [2.75, 3.05) is 51.6 Å². The molecular weight excluding hydrogens is 757 g/mol. The van der Waals surface area contributed by atoms with Crippen molar-refractivity contribution in [2.24, 2.45) is 0 Å². The van der Waals surface area contributed by atoms with Crippen LogP contribution >= 0.6 is 53.2 Å². The number of aliphatic hydroxyl groups is 1. The normalized spacial score (nSPS) is 11.6. The van der Waals surface area contributed by atoms with Crippen molar-refractivity contribution < 1.29 is 43.1 Å². The third-order valence-corrected chi connectivity index (χ3v) is 6.38. The van der Waals surface area contributed by atoms with Gasteiger partial charge >= 0.3 is 17.9 Å². The molecule has 0 saturated carbocycles. The zero-order valence-corrected chi connectivity index (χ0v) is 30.1. The maximum absolute atomic E-state index is 11.0. The van der Waals surface area contributed by atoms with Gasteiger partial charge in [-0.25, -0.2) is 4.21 Å². The maximum atomic E-state index is 11.0. The summed E-state index contributed by atoms with van der Waals surface area (Å²) in [6, 6.07) is 0. The molecule has 0 atom stereocenters. The van der Waals surface area contributed by atoms with Crippen molar-refractivity contribution in [3.8, 4) is 0 Å². The molecule has 43 heavy (non-hydrogen) atoms. The first kappa shape index (κ1) is 55.1. The van der Waals surface area contributed by atoms with E-state index in [0.717, 1.165) is 95.2 Å². The van der Waals surface area contributed by atoms with Crippen LogP contribution in [0.25, 0.3) is 0 Å². The second kappa shape index (κ2) is 46.1. The number of hydrogen-bond acceptors (Lipinski definition) is 9. The molecule has 0 aromatic heterocycles. The number of carboxylic acid groups (broad SMARTS) is 1. The molecule has 0 aliphatic carbocycles. The minimum atomic E-state index is -1.67. The van der Waals surface area contributed by atoms with Gasteiger partial charge in [-0.2, -0.15) is 0 Å². The van der Waals surface area contributed by atoms with E-state index in [2.05, 4.69) is 67.6 Å². The fraction of sp³-hybridized carbons (Fsp3) is 0.857. The number of ether oxygens (including phenoxy) is 2. The number of likely N-dealkylation sites (tertiary alicyclic amines) is 1. The number of nitrogens with zero attached hydrogens (tertiary/aromatic N) is 1. The number of carboxylic acids is 1. The molecule has 1 fully saturated rings. The number of alkyl halides is 2. The first-order valence-corrected chi connectivity index (χ1v) is 18.5. The van der Waals surface area contributed by atoms with E-state index in [1.165, 1.54) is 14.2 Å². The molecule has 262 valence electrons. The third kappa shape index (κ3) is 57.9. The average molecular weight is 815 g/mol. The Morgan fingerprint density at radius 2 is 1.12 bits per heavy atom. The number of carbonyl (C=O) groups excluding carboxylic acids is 3. The van der Waals surface area contributed by atoms with Crippen LogP contribution in [0.4, 0.5) is 0 Å². The largest absolute Gasteiger partial charge is 0.481 e. The van der Waals surface area contributed by atoms with E-state index in [-0.39, 0.29) is 26.8 Å². The molecule has 0 unspecified atom stereocenters. The number of ketones is 1. The summed E-state index contributed by atoms with van der Waals surface area (Å²) in [4.78, 5) is 44.7. The SMILES string of the molecule is C.C.CO.COC(=O)CCCCCBr.COC(=O)CCCCCN1CCC(=O)CC1.O=C(O)CCCCCBr.O=S(Cl)Cl. The highest BCUT2D eigenvalue weighted by Gasteiger charge is 2.15. The Kier molecular flexibility index (Phi) is 59.1. The minimum Gasteiger partial charge on any atom is -0.481 e. The van der Waals surface area contributed by atoms with E-state index < -0.39 is 15.2 Å². The number of halogens is 4. The quantitative estimate of drug-likeness (QED) is 0.0697.